The SMILES string of the molecule is O=C(c1ccc[nH]c1=O)N1CC[C@H](Cc2ccc(CO)cc2)C1. The van der Waals surface area contributed by atoms with E-state index in [-0.39, 0.29) is 23.6 Å². The number of nitrogens with one attached hydrogen (secondary N) is 1. The number of carbonyl (C=O) groups excluding carboxylic acids is 1. The van der Waals surface area contributed by atoms with Gasteiger partial charge in [-0.05, 0) is 42.0 Å². The summed E-state index contributed by atoms with van der Waals surface area (Å²) in [5.41, 5.74) is 1.99. The lowest BCUT2D eigenvalue weighted by atomic mass is 9.98. The van der Waals surface area contributed by atoms with Gasteiger partial charge in [0.25, 0.3) is 11.5 Å². The fourth-order valence-corrected chi connectivity index (χ4v) is 3.06. The van der Waals surface area contributed by atoms with Gasteiger partial charge in [-0.25, -0.2) is 0 Å². The summed E-state index contributed by atoms with van der Waals surface area (Å²) in [6, 6.07) is 11.1. The molecule has 0 aliphatic carbocycles. The summed E-state index contributed by atoms with van der Waals surface area (Å²) in [4.78, 5) is 28.5. The number of nitrogens with zero attached hydrogens (tertiary/aromatic N) is 1. The fraction of sp³-hybridized carbons (Fsp3) is 0.333. The number of aliphatic hydroxyl groups excluding tert-OH is 1. The molecule has 2 aromatic rings. The van der Waals surface area contributed by atoms with Gasteiger partial charge in [0.15, 0.2) is 0 Å². The average Bonchev–Trinajstić information content (AvgIpc) is 3.04. The Morgan fingerprint density at radius 2 is 1.96 bits per heavy atom. The third-order valence-electron chi connectivity index (χ3n) is 4.35. The summed E-state index contributed by atoms with van der Waals surface area (Å²) in [7, 11) is 0. The summed E-state index contributed by atoms with van der Waals surface area (Å²) in [5, 5.41) is 9.07. The number of amides is 1. The van der Waals surface area contributed by atoms with Crippen LogP contribution in [0.5, 0.6) is 0 Å². The smallest absolute Gasteiger partial charge is 0.260 e. The number of likely N-dealkylation sites (tertiary alicyclic amines) is 1. The number of pyridine rings is 1. The summed E-state index contributed by atoms with van der Waals surface area (Å²) < 4.78 is 0. The van der Waals surface area contributed by atoms with E-state index < -0.39 is 0 Å². The highest BCUT2D eigenvalue weighted by molar-refractivity contribution is 5.93. The van der Waals surface area contributed by atoms with E-state index in [9.17, 15) is 9.59 Å². The van der Waals surface area contributed by atoms with Gasteiger partial charge in [0.2, 0.25) is 0 Å². The average molecular weight is 312 g/mol. The molecule has 2 heterocycles. The minimum Gasteiger partial charge on any atom is -0.392 e. The minimum absolute atomic E-state index is 0.0532. The van der Waals surface area contributed by atoms with Crippen molar-refractivity contribution in [1.29, 1.82) is 0 Å². The molecule has 0 unspecified atom stereocenters. The van der Waals surface area contributed by atoms with E-state index in [0.29, 0.717) is 19.0 Å². The number of aromatic amines is 1. The Hall–Kier alpha value is -2.40. The molecule has 5 heteroatoms. The van der Waals surface area contributed by atoms with Crippen molar-refractivity contribution in [2.45, 2.75) is 19.4 Å². The third kappa shape index (κ3) is 3.51. The molecule has 1 atom stereocenters. The van der Waals surface area contributed by atoms with Crippen molar-refractivity contribution in [2.24, 2.45) is 5.92 Å². The molecule has 0 bridgehead atoms. The van der Waals surface area contributed by atoms with Crippen LogP contribution in [0.15, 0.2) is 47.4 Å². The molecule has 23 heavy (non-hydrogen) atoms. The first kappa shape index (κ1) is 15.5. The zero-order valence-electron chi connectivity index (χ0n) is 12.9. The van der Waals surface area contributed by atoms with Crippen molar-refractivity contribution < 1.29 is 9.90 Å². The molecule has 5 nitrogen and oxygen atoms in total. The lowest BCUT2D eigenvalue weighted by Gasteiger charge is -2.16. The standard InChI is InChI=1S/C18H20N2O3/c21-12-14-5-3-13(4-6-14)10-15-7-9-20(11-15)18(23)16-2-1-8-19-17(16)22/h1-6,8,15,21H,7,9-12H2,(H,19,22)/t15-/m1/s1. The van der Waals surface area contributed by atoms with E-state index in [0.717, 1.165) is 18.4 Å². The fourth-order valence-electron chi connectivity index (χ4n) is 3.06. The number of hydrogen-bond acceptors (Lipinski definition) is 3. The summed E-state index contributed by atoms with van der Waals surface area (Å²) >= 11 is 0. The molecule has 1 aliphatic heterocycles. The quantitative estimate of drug-likeness (QED) is 0.900. The first-order valence-electron chi connectivity index (χ1n) is 7.83. The van der Waals surface area contributed by atoms with Crippen LogP contribution in [-0.4, -0.2) is 34.0 Å². The van der Waals surface area contributed by atoms with Crippen molar-refractivity contribution >= 4 is 5.91 Å². The third-order valence-corrected chi connectivity index (χ3v) is 4.35. The molecule has 0 radical (unpaired) electrons. The Morgan fingerprint density at radius 3 is 2.65 bits per heavy atom. The Bertz CT molecular complexity index is 736. The number of H-pyrrole nitrogens is 1. The molecule has 1 saturated heterocycles. The normalized spacial score (nSPS) is 17.4. The summed E-state index contributed by atoms with van der Waals surface area (Å²) in [6.45, 7) is 1.42. The second-order valence-electron chi connectivity index (χ2n) is 6.00. The Morgan fingerprint density at radius 1 is 1.22 bits per heavy atom. The van der Waals surface area contributed by atoms with Crippen LogP contribution in [0, 0.1) is 5.92 Å². The van der Waals surface area contributed by atoms with Crippen LogP contribution >= 0.6 is 0 Å². The predicted molar refractivity (Wildman–Crippen MR) is 87.1 cm³/mol. The molecular weight excluding hydrogens is 292 g/mol. The van der Waals surface area contributed by atoms with Gasteiger partial charge in [-0.1, -0.05) is 24.3 Å². The van der Waals surface area contributed by atoms with Crippen molar-refractivity contribution in [3.05, 3.63) is 69.6 Å². The molecule has 1 amide bonds. The van der Waals surface area contributed by atoms with Crippen LogP contribution in [0.2, 0.25) is 0 Å². The number of carbonyl (C=O) groups is 1. The van der Waals surface area contributed by atoms with Crippen LogP contribution in [0.4, 0.5) is 0 Å². The van der Waals surface area contributed by atoms with Crippen molar-refractivity contribution in [1.82, 2.24) is 9.88 Å². The van der Waals surface area contributed by atoms with Gasteiger partial charge in [-0.2, -0.15) is 0 Å². The van der Waals surface area contributed by atoms with Gasteiger partial charge < -0.3 is 15.0 Å². The van der Waals surface area contributed by atoms with Crippen LogP contribution < -0.4 is 5.56 Å². The maximum absolute atomic E-state index is 12.4. The Balaban J connectivity index is 1.63. The number of aliphatic hydroxyl groups is 1. The van der Waals surface area contributed by atoms with Gasteiger partial charge >= 0.3 is 0 Å². The maximum Gasteiger partial charge on any atom is 0.260 e. The first-order valence-corrected chi connectivity index (χ1v) is 7.83. The van der Waals surface area contributed by atoms with E-state index in [1.54, 1.807) is 17.0 Å². The molecule has 1 aliphatic rings. The topological polar surface area (TPSA) is 73.4 Å². The van der Waals surface area contributed by atoms with E-state index in [4.69, 9.17) is 5.11 Å². The minimum atomic E-state index is -0.333. The molecule has 2 N–H and O–H groups in total. The van der Waals surface area contributed by atoms with Gasteiger partial charge in [0, 0.05) is 19.3 Å². The molecule has 1 fully saturated rings. The second-order valence-corrected chi connectivity index (χ2v) is 6.00. The highest BCUT2D eigenvalue weighted by Crippen LogP contribution is 2.22. The summed E-state index contributed by atoms with van der Waals surface area (Å²) in [6.07, 6.45) is 3.38. The van der Waals surface area contributed by atoms with Crippen LogP contribution in [0.3, 0.4) is 0 Å². The number of aromatic nitrogens is 1. The van der Waals surface area contributed by atoms with E-state index in [1.807, 2.05) is 24.3 Å². The van der Waals surface area contributed by atoms with E-state index in [2.05, 4.69) is 4.98 Å². The Labute approximate surface area is 134 Å². The highest BCUT2D eigenvalue weighted by Gasteiger charge is 2.28. The monoisotopic (exact) mass is 312 g/mol. The summed E-state index contributed by atoms with van der Waals surface area (Å²) in [5.74, 6) is 0.215. The maximum atomic E-state index is 12.4. The lowest BCUT2D eigenvalue weighted by molar-refractivity contribution is 0.0785. The van der Waals surface area contributed by atoms with E-state index >= 15 is 0 Å². The molecule has 120 valence electrons. The van der Waals surface area contributed by atoms with Crippen molar-refractivity contribution in [3.8, 4) is 0 Å². The van der Waals surface area contributed by atoms with Gasteiger partial charge in [0.1, 0.15) is 5.56 Å². The van der Waals surface area contributed by atoms with Crippen LogP contribution in [-0.2, 0) is 13.0 Å². The number of rotatable bonds is 4. The van der Waals surface area contributed by atoms with Crippen molar-refractivity contribution in [3.63, 3.8) is 0 Å². The van der Waals surface area contributed by atoms with Crippen molar-refractivity contribution in [2.75, 3.05) is 13.1 Å². The largest absolute Gasteiger partial charge is 0.392 e. The van der Waals surface area contributed by atoms with E-state index in [1.165, 1.54) is 11.8 Å². The molecule has 3 rings (SSSR count). The molecule has 1 aromatic carbocycles. The zero-order valence-corrected chi connectivity index (χ0v) is 12.9. The molecule has 0 saturated carbocycles. The zero-order chi connectivity index (χ0) is 16.2. The number of hydrogen-bond donors (Lipinski definition) is 2. The molecular formula is C18H20N2O3. The van der Waals surface area contributed by atoms with Gasteiger partial charge in [0.05, 0.1) is 6.61 Å². The lowest BCUT2D eigenvalue weighted by Crippen LogP contribution is -2.33. The molecule has 1 aromatic heterocycles. The number of benzene rings is 1. The molecule has 0 spiro atoms. The Kier molecular flexibility index (Phi) is 4.57. The van der Waals surface area contributed by atoms with Gasteiger partial charge in [-0.3, -0.25) is 9.59 Å². The highest BCUT2D eigenvalue weighted by atomic mass is 16.3. The predicted octanol–water partition coefficient (Wildman–Crippen LogP) is 1.57. The van der Waals surface area contributed by atoms with Crippen LogP contribution in [0.25, 0.3) is 0 Å². The van der Waals surface area contributed by atoms with Gasteiger partial charge in [-0.15, -0.1) is 0 Å². The first-order chi connectivity index (χ1) is 11.2. The second kappa shape index (κ2) is 6.79. The van der Waals surface area contributed by atoms with Crippen LogP contribution in [0.1, 0.15) is 27.9 Å².